The number of halogens is 5. The third-order valence-corrected chi connectivity index (χ3v) is 5.34. The second kappa shape index (κ2) is 10.9. The Hall–Kier alpha value is -1.14. The van der Waals surface area contributed by atoms with Gasteiger partial charge in [0.15, 0.2) is 5.96 Å². The summed E-state index contributed by atoms with van der Waals surface area (Å²) < 4.78 is 56.9. The van der Waals surface area contributed by atoms with E-state index in [1.807, 2.05) is 6.92 Å². The number of morpholine rings is 1. The minimum atomic E-state index is -4.16. The molecule has 3 atom stereocenters. The highest BCUT2D eigenvalue weighted by atomic mass is 127. The fourth-order valence-corrected chi connectivity index (χ4v) is 4.03. The molecule has 5 nitrogen and oxygen atoms in total. The predicted octanol–water partition coefficient (Wildman–Crippen LogP) is 3.67. The van der Waals surface area contributed by atoms with Crippen LogP contribution in [0.2, 0.25) is 0 Å². The van der Waals surface area contributed by atoms with Crippen LogP contribution in [0.25, 0.3) is 0 Å². The zero-order valence-corrected chi connectivity index (χ0v) is 19.5. The largest absolute Gasteiger partial charge is 0.401 e. The van der Waals surface area contributed by atoms with Gasteiger partial charge in [0, 0.05) is 26.7 Å². The number of nitrogens with one attached hydrogen (secondary N) is 1. The lowest BCUT2D eigenvalue weighted by atomic mass is 10.1. The van der Waals surface area contributed by atoms with E-state index < -0.39 is 12.7 Å². The quantitative estimate of drug-likeness (QED) is 0.272. The highest BCUT2D eigenvalue weighted by molar-refractivity contribution is 14.0. The molecule has 30 heavy (non-hydrogen) atoms. The second-order valence-electron chi connectivity index (χ2n) is 7.82. The van der Waals surface area contributed by atoms with Crippen LogP contribution < -0.4 is 5.32 Å². The monoisotopic (exact) mass is 544 g/mol. The van der Waals surface area contributed by atoms with Crippen molar-refractivity contribution >= 4 is 29.9 Å². The standard InChI is InChI=1S/C20H28F4N4O.HI/c1-14-10-28(12-18(29-14)16-3-5-17(21)6-4-16)19(25-2)26-9-15-7-8-27(11-15)13-20(22,23)24;/h3-6,14-15,18H,7-13H2,1-2H3,(H,25,26);1H. The van der Waals surface area contributed by atoms with Gasteiger partial charge in [-0.3, -0.25) is 9.89 Å². The number of likely N-dealkylation sites (tertiary alicyclic amines) is 1. The van der Waals surface area contributed by atoms with Gasteiger partial charge in [-0.05, 0) is 43.5 Å². The van der Waals surface area contributed by atoms with E-state index in [1.54, 1.807) is 19.2 Å². The lowest BCUT2D eigenvalue weighted by molar-refractivity contribution is -0.143. The van der Waals surface area contributed by atoms with E-state index in [4.69, 9.17) is 4.74 Å². The van der Waals surface area contributed by atoms with Gasteiger partial charge in [0.05, 0.1) is 19.2 Å². The van der Waals surface area contributed by atoms with Crippen LogP contribution in [0.15, 0.2) is 29.3 Å². The molecule has 10 heteroatoms. The van der Waals surface area contributed by atoms with Gasteiger partial charge >= 0.3 is 6.18 Å². The van der Waals surface area contributed by atoms with Crippen molar-refractivity contribution < 1.29 is 22.3 Å². The van der Waals surface area contributed by atoms with Crippen molar-refractivity contribution in [3.05, 3.63) is 35.6 Å². The molecule has 3 unspecified atom stereocenters. The highest BCUT2D eigenvalue weighted by Gasteiger charge is 2.34. The fraction of sp³-hybridized carbons (Fsp3) is 0.650. The van der Waals surface area contributed by atoms with Crippen molar-refractivity contribution in [2.24, 2.45) is 10.9 Å². The average Bonchev–Trinajstić information content (AvgIpc) is 3.08. The maximum atomic E-state index is 13.2. The van der Waals surface area contributed by atoms with Crippen LogP contribution in [0.5, 0.6) is 0 Å². The number of aliphatic imine (C=N–C) groups is 1. The van der Waals surface area contributed by atoms with Gasteiger partial charge in [-0.15, -0.1) is 24.0 Å². The second-order valence-corrected chi connectivity index (χ2v) is 7.82. The molecule has 2 aliphatic heterocycles. The number of nitrogens with zero attached hydrogens (tertiary/aromatic N) is 3. The molecule has 0 radical (unpaired) electrons. The Bertz CT molecular complexity index is 701. The normalized spacial score (nSPS) is 25.9. The molecular weight excluding hydrogens is 515 g/mol. The zero-order valence-electron chi connectivity index (χ0n) is 17.2. The maximum Gasteiger partial charge on any atom is 0.401 e. The summed E-state index contributed by atoms with van der Waals surface area (Å²) in [6.07, 6.45) is -3.66. The van der Waals surface area contributed by atoms with E-state index >= 15 is 0 Å². The Balaban J connectivity index is 0.00000320. The predicted molar refractivity (Wildman–Crippen MR) is 119 cm³/mol. The van der Waals surface area contributed by atoms with Gasteiger partial charge in [-0.2, -0.15) is 13.2 Å². The molecule has 3 rings (SSSR count). The summed E-state index contributed by atoms with van der Waals surface area (Å²) in [5, 5.41) is 3.32. The van der Waals surface area contributed by atoms with Crippen molar-refractivity contribution in [1.82, 2.24) is 15.1 Å². The Morgan fingerprint density at radius 3 is 2.53 bits per heavy atom. The number of benzene rings is 1. The lowest BCUT2D eigenvalue weighted by Gasteiger charge is -2.39. The number of rotatable bonds is 4. The molecule has 0 saturated carbocycles. The van der Waals surface area contributed by atoms with Gasteiger partial charge in [-0.1, -0.05) is 12.1 Å². The lowest BCUT2D eigenvalue weighted by Crippen LogP contribution is -2.51. The van der Waals surface area contributed by atoms with Gasteiger partial charge in [0.2, 0.25) is 0 Å². The van der Waals surface area contributed by atoms with E-state index in [-0.39, 0.29) is 47.9 Å². The molecule has 0 amide bonds. The van der Waals surface area contributed by atoms with E-state index in [2.05, 4.69) is 15.2 Å². The highest BCUT2D eigenvalue weighted by Crippen LogP contribution is 2.26. The van der Waals surface area contributed by atoms with Crippen LogP contribution in [-0.2, 0) is 4.74 Å². The van der Waals surface area contributed by atoms with Crippen LogP contribution in [-0.4, -0.2) is 74.4 Å². The van der Waals surface area contributed by atoms with Crippen molar-refractivity contribution in [2.75, 3.05) is 46.3 Å². The molecule has 1 aromatic carbocycles. The van der Waals surface area contributed by atoms with Crippen molar-refractivity contribution in [3.8, 4) is 0 Å². The molecule has 1 N–H and O–H groups in total. The van der Waals surface area contributed by atoms with Crippen molar-refractivity contribution in [3.63, 3.8) is 0 Å². The molecule has 1 aromatic rings. The number of alkyl halides is 3. The van der Waals surface area contributed by atoms with Gasteiger partial charge in [0.1, 0.15) is 11.9 Å². The maximum absolute atomic E-state index is 13.2. The molecule has 0 aliphatic carbocycles. The molecule has 0 spiro atoms. The number of hydrogen-bond donors (Lipinski definition) is 1. The topological polar surface area (TPSA) is 40.1 Å². The SMILES string of the molecule is CN=C(NCC1CCN(CC(F)(F)F)C1)N1CC(C)OC(c2ccc(F)cc2)C1.I. The Morgan fingerprint density at radius 2 is 1.90 bits per heavy atom. The summed E-state index contributed by atoms with van der Waals surface area (Å²) in [7, 11) is 1.69. The van der Waals surface area contributed by atoms with E-state index in [9.17, 15) is 17.6 Å². The number of guanidine groups is 1. The third kappa shape index (κ3) is 7.23. The van der Waals surface area contributed by atoms with Crippen molar-refractivity contribution in [2.45, 2.75) is 31.7 Å². The summed E-state index contributed by atoms with van der Waals surface area (Å²) >= 11 is 0. The summed E-state index contributed by atoms with van der Waals surface area (Å²) in [5.41, 5.74) is 0.900. The van der Waals surface area contributed by atoms with E-state index in [0.29, 0.717) is 38.7 Å². The summed E-state index contributed by atoms with van der Waals surface area (Å²) in [5.74, 6) is 0.574. The molecule has 2 saturated heterocycles. The van der Waals surface area contributed by atoms with E-state index in [1.165, 1.54) is 17.0 Å². The zero-order chi connectivity index (χ0) is 21.0. The molecule has 0 bridgehead atoms. The average molecular weight is 544 g/mol. The summed E-state index contributed by atoms with van der Waals surface area (Å²) in [4.78, 5) is 7.89. The van der Waals surface area contributed by atoms with Gasteiger partial charge in [-0.25, -0.2) is 4.39 Å². The van der Waals surface area contributed by atoms with Crippen LogP contribution >= 0.6 is 24.0 Å². The first-order chi connectivity index (χ1) is 13.7. The summed E-state index contributed by atoms with van der Waals surface area (Å²) in [6.45, 7) is 3.82. The molecule has 2 aliphatic rings. The van der Waals surface area contributed by atoms with Crippen LogP contribution in [0, 0.1) is 11.7 Å². The first-order valence-corrected chi connectivity index (χ1v) is 9.89. The minimum Gasteiger partial charge on any atom is -0.367 e. The third-order valence-electron chi connectivity index (χ3n) is 5.34. The van der Waals surface area contributed by atoms with Crippen molar-refractivity contribution in [1.29, 1.82) is 0 Å². The van der Waals surface area contributed by atoms with Crippen LogP contribution in [0.4, 0.5) is 17.6 Å². The molecule has 0 aromatic heterocycles. The van der Waals surface area contributed by atoms with Gasteiger partial charge in [0.25, 0.3) is 0 Å². The Labute approximate surface area is 191 Å². The molecular formula is C20H29F4IN4O. The Kier molecular flexibility index (Phi) is 9.16. The van der Waals surface area contributed by atoms with E-state index in [0.717, 1.165) is 12.0 Å². The minimum absolute atomic E-state index is 0. The number of hydrogen-bond acceptors (Lipinski definition) is 3. The number of ether oxygens (including phenoxy) is 1. The van der Waals surface area contributed by atoms with Gasteiger partial charge < -0.3 is 15.0 Å². The molecule has 2 fully saturated rings. The summed E-state index contributed by atoms with van der Waals surface area (Å²) in [6, 6.07) is 6.28. The molecule has 2 heterocycles. The van der Waals surface area contributed by atoms with Crippen LogP contribution in [0.1, 0.15) is 25.0 Å². The smallest absolute Gasteiger partial charge is 0.367 e. The first-order valence-electron chi connectivity index (χ1n) is 9.89. The first kappa shape index (κ1) is 25.1. The fourth-order valence-electron chi connectivity index (χ4n) is 4.03. The molecule has 170 valence electrons. The Morgan fingerprint density at radius 1 is 1.20 bits per heavy atom. The van der Waals surface area contributed by atoms with Crippen LogP contribution in [0.3, 0.4) is 0 Å².